The van der Waals surface area contributed by atoms with Gasteiger partial charge in [-0.1, -0.05) is 0 Å². The fraction of sp³-hybridized carbons (Fsp3) is 0.417. The van der Waals surface area contributed by atoms with Crippen molar-refractivity contribution in [2.24, 2.45) is 17.6 Å². The molecule has 1 saturated heterocycles. The van der Waals surface area contributed by atoms with Crippen LogP contribution in [0.2, 0.25) is 0 Å². The second-order valence-electron chi connectivity index (χ2n) is 4.72. The Morgan fingerprint density at radius 3 is 2.48 bits per heavy atom. The number of halogens is 4. The number of alkyl halides is 3. The van der Waals surface area contributed by atoms with Crippen LogP contribution in [0, 0.1) is 17.7 Å². The minimum Gasteiger partial charge on any atom is -0.369 e. The highest BCUT2D eigenvalue weighted by Gasteiger charge is 2.52. The van der Waals surface area contributed by atoms with E-state index < -0.39 is 54.3 Å². The van der Waals surface area contributed by atoms with Gasteiger partial charge in [0.25, 0.3) is 5.91 Å². The van der Waals surface area contributed by atoms with Gasteiger partial charge in [0.05, 0.1) is 23.6 Å². The number of likely N-dealkylation sites (tertiary alicyclic amines) is 1. The molecule has 1 fully saturated rings. The fourth-order valence-electron chi connectivity index (χ4n) is 2.31. The predicted octanol–water partition coefficient (Wildman–Crippen LogP) is 0.956. The lowest BCUT2D eigenvalue weighted by atomic mass is 9.95. The van der Waals surface area contributed by atoms with Crippen molar-refractivity contribution in [2.45, 2.75) is 6.18 Å². The molecule has 114 valence electrons. The molecular weight excluding hydrogens is 294 g/mol. The number of nitrogens with two attached hydrogens (primary N) is 1. The van der Waals surface area contributed by atoms with E-state index in [1.165, 1.54) is 0 Å². The first-order chi connectivity index (χ1) is 9.71. The number of hydrogen-bond donors (Lipinski definition) is 1. The summed E-state index contributed by atoms with van der Waals surface area (Å²) in [6.07, 6.45) is -2.72. The van der Waals surface area contributed by atoms with Crippen LogP contribution in [0.1, 0.15) is 10.4 Å². The van der Waals surface area contributed by atoms with Gasteiger partial charge in [-0.2, -0.15) is 13.2 Å². The standard InChI is InChI=1S/C12H11F4N3O2/c13-9-3-18-2-1-6(9)11(21)19-4-7(10(17)20)8(5-19)12(14,15)16/h1-3,7-8H,4-5H2,(H2,17,20)/t7-,8-/m1/s1. The molecule has 21 heavy (non-hydrogen) atoms. The molecule has 0 bridgehead atoms. The molecule has 0 aromatic carbocycles. The number of rotatable bonds is 2. The lowest BCUT2D eigenvalue weighted by Crippen LogP contribution is -2.37. The zero-order valence-corrected chi connectivity index (χ0v) is 10.6. The zero-order valence-electron chi connectivity index (χ0n) is 10.6. The SMILES string of the molecule is NC(=O)[C@@H]1CN(C(=O)c2ccncc2F)C[C@H]1C(F)(F)F. The van der Waals surface area contributed by atoms with Crippen LogP contribution < -0.4 is 5.73 Å². The maximum Gasteiger partial charge on any atom is 0.394 e. The van der Waals surface area contributed by atoms with Crippen LogP contribution in [0.5, 0.6) is 0 Å². The van der Waals surface area contributed by atoms with Crippen molar-refractivity contribution in [3.05, 3.63) is 29.8 Å². The fourth-order valence-corrected chi connectivity index (χ4v) is 2.31. The second kappa shape index (κ2) is 5.30. The van der Waals surface area contributed by atoms with Crippen molar-refractivity contribution in [3.63, 3.8) is 0 Å². The van der Waals surface area contributed by atoms with Gasteiger partial charge in [-0.3, -0.25) is 14.6 Å². The Kier molecular flexibility index (Phi) is 3.84. The molecule has 1 aromatic rings. The van der Waals surface area contributed by atoms with Gasteiger partial charge in [0.2, 0.25) is 5.91 Å². The number of nitrogens with zero attached hydrogens (tertiary/aromatic N) is 2. The smallest absolute Gasteiger partial charge is 0.369 e. The molecule has 2 amide bonds. The largest absolute Gasteiger partial charge is 0.394 e. The molecule has 2 atom stereocenters. The van der Waals surface area contributed by atoms with E-state index >= 15 is 0 Å². The van der Waals surface area contributed by atoms with E-state index in [9.17, 15) is 27.2 Å². The topological polar surface area (TPSA) is 76.3 Å². The second-order valence-corrected chi connectivity index (χ2v) is 4.72. The van der Waals surface area contributed by atoms with Crippen LogP contribution in [0.3, 0.4) is 0 Å². The van der Waals surface area contributed by atoms with E-state index in [2.05, 4.69) is 4.98 Å². The van der Waals surface area contributed by atoms with Crippen molar-refractivity contribution in [1.82, 2.24) is 9.88 Å². The molecule has 0 aliphatic carbocycles. The average Bonchev–Trinajstić information content (AvgIpc) is 2.83. The number of carbonyl (C=O) groups is 2. The van der Waals surface area contributed by atoms with E-state index in [1.54, 1.807) is 0 Å². The lowest BCUT2D eigenvalue weighted by molar-refractivity contribution is -0.182. The maximum atomic E-state index is 13.5. The third kappa shape index (κ3) is 2.96. The Bertz CT molecular complexity index is 576. The minimum absolute atomic E-state index is 0.393. The molecule has 9 heteroatoms. The molecule has 1 aliphatic heterocycles. The summed E-state index contributed by atoms with van der Waals surface area (Å²) in [7, 11) is 0. The van der Waals surface area contributed by atoms with Gasteiger partial charge in [0.15, 0.2) is 5.82 Å². The van der Waals surface area contributed by atoms with Crippen molar-refractivity contribution < 1.29 is 27.2 Å². The number of carbonyl (C=O) groups excluding carboxylic acids is 2. The highest BCUT2D eigenvalue weighted by atomic mass is 19.4. The number of pyridine rings is 1. The number of hydrogen-bond acceptors (Lipinski definition) is 3. The summed E-state index contributed by atoms with van der Waals surface area (Å²) < 4.78 is 52.0. The summed E-state index contributed by atoms with van der Waals surface area (Å²) in [6.45, 7) is -1.21. The Labute approximate surface area is 116 Å². The quantitative estimate of drug-likeness (QED) is 0.827. The Morgan fingerprint density at radius 1 is 1.33 bits per heavy atom. The Hall–Kier alpha value is -2.19. The van der Waals surface area contributed by atoms with Crippen LogP contribution in [-0.4, -0.2) is 41.0 Å². The highest BCUT2D eigenvalue weighted by molar-refractivity contribution is 5.95. The van der Waals surface area contributed by atoms with Gasteiger partial charge in [0, 0.05) is 19.3 Å². The van der Waals surface area contributed by atoms with Crippen LogP contribution in [0.15, 0.2) is 18.5 Å². The van der Waals surface area contributed by atoms with Gasteiger partial charge in [-0.05, 0) is 6.07 Å². The van der Waals surface area contributed by atoms with E-state index in [4.69, 9.17) is 5.73 Å². The van der Waals surface area contributed by atoms with Crippen LogP contribution >= 0.6 is 0 Å². The first kappa shape index (κ1) is 15.2. The van der Waals surface area contributed by atoms with Gasteiger partial charge in [0.1, 0.15) is 0 Å². The Morgan fingerprint density at radius 2 is 2.00 bits per heavy atom. The van der Waals surface area contributed by atoms with Crippen molar-refractivity contribution in [2.75, 3.05) is 13.1 Å². The summed E-state index contributed by atoms with van der Waals surface area (Å²) in [5.74, 6) is -6.56. The molecule has 1 aliphatic rings. The molecule has 2 rings (SSSR count). The van der Waals surface area contributed by atoms with Crippen LogP contribution in [0.25, 0.3) is 0 Å². The summed E-state index contributed by atoms with van der Waals surface area (Å²) in [6, 6.07) is 1.07. The normalized spacial score (nSPS) is 22.4. The highest BCUT2D eigenvalue weighted by Crippen LogP contribution is 2.37. The molecule has 1 aromatic heterocycles. The monoisotopic (exact) mass is 305 g/mol. The average molecular weight is 305 g/mol. The molecule has 0 saturated carbocycles. The van der Waals surface area contributed by atoms with Crippen molar-refractivity contribution in [3.8, 4) is 0 Å². The Balaban J connectivity index is 2.25. The lowest BCUT2D eigenvalue weighted by Gasteiger charge is -2.18. The summed E-state index contributed by atoms with van der Waals surface area (Å²) in [4.78, 5) is 27.4. The number of amides is 2. The third-order valence-electron chi connectivity index (χ3n) is 3.40. The molecule has 0 radical (unpaired) electrons. The molecule has 5 nitrogen and oxygen atoms in total. The summed E-state index contributed by atoms with van der Waals surface area (Å²) in [5.41, 5.74) is 4.56. The van der Waals surface area contributed by atoms with Gasteiger partial charge in [-0.15, -0.1) is 0 Å². The number of aromatic nitrogens is 1. The first-order valence-corrected chi connectivity index (χ1v) is 5.96. The maximum absolute atomic E-state index is 13.5. The zero-order chi connectivity index (χ0) is 15.8. The van der Waals surface area contributed by atoms with Gasteiger partial charge < -0.3 is 10.6 Å². The van der Waals surface area contributed by atoms with Crippen LogP contribution in [0.4, 0.5) is 17.6 Å². The number of primary amides is 1. The first-order valence-electron chi connectivity index (χ1n) is 5.96. The summed E-state index contributed by atoms with van der Waals surface area (Å²) >= 11 is 0. The minimum atomic E-state index is -4.66. The van der Waals surface area contributed by atoms with E-state index in [0.29, 0.717) is 0 Å². The molecule has 0 spiro atoms. The molecule has 2 heterocycles. The van der Waals surface area contributed by atoms with Gasteiger partial charge >= 0.3 is 6.18 Å². The molecule has 0 unspecified atom stereocenters. The summed E-state index contributed by atoms with van der Waals surface area (Å²) in [5, 5.41) is 0. The van der Waals surface area contributed by atoms with Crippen molar-refractivity contribution in [1.29, 1.82) is 0 Å². The van der Waals surface area contributed by atoms with E-state index in [-0.39, 0.29) is 0 Å². The molecular formula is C12H11F4N3O2. The van der Waals surface area contributed by atoms with E-state index in [0.717, 1.165) is 23.4 Å². The van der Waals surface area contributed by atoms with Crippen molar-refractivity contribution >= 4 is 11.8 Å². The van der Waals surface area contributed by atoms with Crippen LogP contribution in [-0.2, 0) is 4.79 Å². The third-order valence-corrected chi connectivity index (χ3v) is 3.40. The predicted molar refractivity (Wildman–Crippen MR) is 62.3 cm³/mol. The van der Waals surface area contributed by atoms with E-state index in [1.807, 2.05) is 0 Å². The van der Waals surface area contributed by atoms with Gasteiger partial charge in [-0.25, -0.2) is 4.39 Å². The molecule has 2 N–H and O–H groups in total.